The lowest BCUT2D eigenvalue weighted by molar-refractivity contribution is 1.18. The highest BCUT2D eigenvalue weighted by Gasteiger charge is 2.21. The van der Waals surface area contributed by atoms with Crippen molar-refractivity contribution < 1.29 is 0 Å². The largest absolute Gasteiger partial charge is 0.309 e. The molecule has 0 spiro atoms. The highest BCUT2D eigenvalue weighted by molar-refractivity contribution is 7.27. The highest BCUT2D eigenvalue weighted by atomic mass is 32.1. The Bertz CT molecular complexity index is 3110. The van der Waals surface area contributed by atoms with Crippen LogP contribution >= 0.6 is 22.7 Å². The van der Waals surface area contributed by atoms with Gasteiger partial charge in [-0.3, -0.25) is 0 Å². The van der Waals surface area contributed by atoms with Crippen molar-refractivity contribution in [3.05, 3.63) is 170 Å². The molecular formula is C46H28N2S2. The van der Waals surface area contributed by atoms with Crippen molar-refractivity contribution in [2.45, 2.75) is 0 Å². The lowest BCUT2D eigenvalue weighted by Gasteiger charge is -2.26. The van der Waals surface area contributed by atoms with E-state index >= 15 is 0 Å². The van der Waals surface area contributed by atoms with Crippen LogP contribution in [0.4, 0.5) is 17.1 Å². The monoisotopic (exact) mass is 672 g/mol. The van der Waals surface area contributed by atoms with E-state index in [1.54, 1.807) is 0 Å². The van der Waals surface area contributed by atoms with Gasteiger partial charge in [-0.2, -0.15) is 0 Å². The molecular weight excluding hydrogens is 645 g/mol. The van der Waals surface area contributed by atoms with Gasteiger partial charge >= 0.3 is 0 Å². The van der Waals surface area contributed by atoms with Gasteiger partial charge in [-0.05, 0) is 71.4 Å². The lowest BCUT2D eigenvalue weighted by atomic mass is 10.1. The fraction of sp³-hybridized carbons (Fsp3) is 0. The Morgan fingerprint density at radius 3 is 1.96 bits per heavy atom. The summed E-state index contributed by atoms with van der Waals surface area (Å²) in [5, 5.41) is 10.3. The molecule has 0 saturated carbocycles. The first-order chi connectivity index (χ1) is 24.8. The molecule has 8 aromatic carbocycles. The van der Waals surface area contributed by atoms with Crippen molar-refractivity contribution in [1.29, 1.82) is 0 Å². The Morgan fingerprint density at radius 1 is 0.380 bits per heavy atom. The first-order valence-electron chi connectivity index (χ1n) is 16.9. The summed E-state index contributed by atoms with van der Waals surface area (Å²) in [6, 6.07) is 62.4. The maximum atomic E-state index is 2.48. The van der Waals surface area contributed by atoms with Crippen LogP contribution in [0.3, 0.4) is 0 Å². The molecule has 0 radical (unpaired) electrons. The van der Waals surface area contributed by atoms with Gasteiger partial charge in [-0.1, -0.05) is 109 Å². The summed E-state index contributed by atoms with van der Waals surface area (Å²) in [6.45, 7) is 0. The quantitative estimate of drug-likeness (QED) is 0.181. The van der Waals surface area contributed by atoms with E-state index in [0.717, 1.165) is 11.4 Å². The number of thiophene rings is 2. The van der Waals surface area contributed by atoms with E-state index < -0.39 is 0 Å². The predicted octanol–water partition coefficient (Wildman–Crippen LogP) is 14.1. The van der Waals surface area contributed by atoms with Crippen molar-refractivity contribution in [3.8, 4) is 5.69 Å². The minimum atomic E-state index is 1.14. The van der Waals surface area contributed by atoms with Gasteiger partial charge in [0.1, 0.15) is 0 Å². The van der Waals surface area contributed by atoms with Gasteiger partial charge in [0.15, 0.2) is 0 Å². The molecule has 0 aliphatic carbocycles. The second-order valence-corrected chi connectivity index (χ2v) is 15.0. The number of anilines is 3. The zero-order valence-corrected chi connectivity index (χ0v) is 28.5. The third-order valence-corrected chi connectivity index (χ3v) is 12.6. The van der Waals surface area contributed by atoms with Crippen molar-refractivity contribution in [3.63, 3.8) is 0 Å². The van der Waals surface area contributed by atoms with Gasteiger partial charge < -0.3 is 9.47 Å². The number of para-hydroxylation sites is 2. The smallest absolute Gasteiger partial charge is 0.0640 e. The Hall–Kier alpha value is -5.94. The van der Waals surface area contributed by atoms with Gasteiger partial charge in [-0.15, -0.1) is 22.7 Å². The molecule has 3 aromatic heterocycles. The van der Waals surface area contributed by atoms with Crippen LogP contribution in [-0.2, 0) is 0 Å². The number of fused-ring (bicyclic) bond motifs is 11. The van der Waals surface area contributed by atoms with Crippen LogP contribution in [0.1, 0.15) is 0 Å². The van der Waals surface area contributed by atoms with Crippen molar-refractivity contribution >= 4 is 113 Å². The Kier molecular flexibility index (Phi) is 6.03. The van der Waals surface area contributed by atoms with Crippen LogP contribution in [0, 0.1) is 0 Å². The van der Waals surface area contributed by atoms with E-state index in [2.05, 4.69) is 179 Å². The molecule has 3 heterocycles. The number of rotatable bonds is 4. The second-order valence-electron chi connectivity index (χ2n) is 12.9. The highest BCUT2D eigenvalue weighted by Crippen LogP contribution is 2.48. The second kappa shape index (κ2) is 10.8. The fourth-order valence-corrected chi connectivity index (χ4v) is 10.4. The summed E-state index contributed by atoms with van der Waals surface area (Å²) in [5.74, 6) is 0. The van der Waals surface area contributed by atoms with E-state index in [1.807, 2.05) is 22.7 Å². The van der Waals surface area contributed by atoms with Gasteiger partial charge in [0.05, 0.1) is 21.4 Å². The minimum Gasteiger partial charge on any atom is -0.309 e. The molecule has 0 fully saturated rings. The van der Waals surface area contributed by atoms with Crippen LogP contribution in [0.2, 0.25) is 0 Å². The predicted molar refractivity (Wildman–Crippen MR) is 219 cm³/mol. The molecule has 50 heavy (non-hydrogen) atoms. The van der Waals surface area contributed by atoms with Gasteiger partial charge in [0, 0.05) is 63.5 Å². The van der Waals surface area contributed by atoms with Crippen LogP contribution in [0.5, 0.6) is 0 Å². The maximum absolute atomic E-state index is 2.48. The van der Waals surface area contributed by atoms with Gasteiger partial charge in [-0.25, -0.2) is 0 Å². The summed E-state index contributed by atoms with van der Waals surface area (Å²) >= 11 is 3.78. The summed E-state index contributed by atoms with van der Waals surface area (Å²) in [6.07, 6.45) is 0. The van der Waals surface area contributed by atoms with E-state index in [-0.39, 0.29) is 0 Å². The lowest BCUT2D eigenvalue weighted by Crippen LogP contribution is -2.10. The molecule has 0 aliphatic heterocycles. The SMILES string of the molecule is c1ccc(-n2c3ccccc3c3cc(N(c4ccc5c(c4)sc4ccccc45)c4cccc5c4sc4c6ccccc6ccc54)ccc32)cc1. The van der Waals surface area contributed by atoms with Gasteiger partial charge in [0.2, 0.25) is 0 Å². The topological polar surface area (TPSA) is 8.17 Å². The molecule has 2 nitrogen and oxygen atoms in total. The fourth-order valence-electron chi connectivity index (χ4n) is 7.92. The normalized spacial score (nSPS) is 12.0. The Labute approximate surface area is 296 Å². The van der Waals surface area contributed by atoms with Crippen LogP contribution < -0.4 is 4.90 Å². The van der Waals surface area contributed by atoms with Crippen LogP contribution in [-0.4, -0.2) is 4.57 Å². The molecule has 0 saturated heterocycles. The molecule has 0 atom stereocenters. The summed E-state index contributed by atoms with van der Waals surface area (Å²) < 4.78 is 7.64. The Morgan fingerprint density at radius 2 is 1.04 bits per heavy atom. The van der Waals surface area contributed by atoms with E-state index in [0.29, 0.717) is 0 Å². The molecule has 0 amide bonds. The van der Waals surface area contributed by atoms with Crippen LogP contribution in [0.15, 0.2) is 170 Å². The van der Waals surface area contributed by atoms with Crippen molar-refractivity contribution in [1.82, 2.24) is 4.57 Å². The molecule has 234 valence electrons. The third-order valence-electron chi connectivity index (χ3n) is 10.2. The number of benzene rings is 8. The standard InChI is InChI=1S/C46H28N2S2/c1-2-12-30(13-3-1)48-40-18-8-6-15-34(40)39-27-31(23-26-41(39)48)47(32-22-25-36-35-16-7-9-20-43(35)49-44(36)28-32)42-19-10-17-37-38-24-21-29-11-4-5-14-33(29)45(38)50-46(37)42/h1-28H. The summed E-state index contributed by atoms with van der Waals surface area (Å²) in [7, 11) is 0. The number of hydrogen-bond acceptors (Lipinski definition) is 3. The molecule has 0 bridgehead atoms. The Balaban J connectivity index is 1.21. The van der Waals surface area contributed by atoms with Gasteiger partial charge in [0.25, 0.3) is 0 Å². The molecule has 0 unspecified atom stereocenters. The van der Waals surface area contributed by atoms with E-state index in [1.165, 1.54) is 84.3 Å². The summed E-state index contributed by atoms with van der Waals surface area (Å²) in [4.78, 5) is 2.48. The van der Waals surface area contributed by atoms with Crippen LogP contribution in [0.25, 0.3) is 78.6 Å². The zero-order chi connectivity index (χ0) is 32.8. The average Bonchev–Trinajstić information content (AvgIpc) is 3.85. The summed E-state index contributed by atoms with van der Waals surface area (Å²) in [5.41, 5.74) is 7.07. The molecule has 11 rings (SSSR count). The molecule has 0 N–H and O–H groups in total. The van der Waals surface area contributed by atoms with Crippen molar-refractivity contribution in [2.75, 3.05) is 4.90 Å². The average molecular weight is 673 g/mol. The molecule has 0 aliphatic rings. The zero-order valence-electron chi connectivity index (χ0n) is 26.9. The number of hydrogen-bond donors (Lipinski definition) is 0. The molecule has 4 heteroatoms. The first kappa shape index (κ1) is 28.0. The third kappa shape index (κ3) is 4.07. The molecule has 11 aromatic rings. The first-order valence-corrected chi connectivity index (χ1v) is 18.6. The maximum Gasteiger partial charge on any atom is 0.0640 e. The minimum absolute atomic E-state index is 1.14. The number of nitrogens with zero attached hydrogens (tertiary/aromatic N) is 2. The van der Waals surface area contributed by atoms with E-state index in [4.69, 9.17) is 0 Å². The van der Waals surface area contributed by atoms with Crippen molar-refractivity contribution in [2.24, 2.45) is 0 Å². The number of aromatic nitrogens is 1. The van der Waals surface area contributed by atoms with E-state index in [9.17, 15) is 0 Å².